The molecule has 1 aromatic heterocycles. The predicted molar refractivity (Wildman–Crippen MR) is 117 cm³/mol. The van der Waals surface area contributed by atoms with E-state index >= 15 is 0 Å². The van der Waals surface area contributed by atoms with Gasteiger partial charge in [-0.2, -0.15) is 0 Å². The van der Waals surface area contributed by atoms with Gasteiger partial charge in [0.05, 0.1) is 28.2 Å². The van der Waals surface area contributed by atoms with Crippen LogP contribution in [0.5, 0.6) is 0 Å². The van der Waals surface area contributed by atoms with E-state index in [1.807, 2.05) is 75.4 Å². The number of aryl methyl sites for hydroxylation is 3. The Morgan fingerprint density at radius 2 is 1.66 bits per heavy atom. The van der Waals surface area contributed by atoms with Crippen LogP contribution in [-0.4, -0.2) is 11.8 Å². The number of anilines is 1. The van der Waals surface area contributed by atoms with Gasteiger partial charge in [0.1, 0.15) is 5.76 Å². The van der Waals surface area contributed by atoms with Crippen molar-refractivity contribution < 1.29 is 14.0 Å². The molecule has 0 spiro atoms. The first-order chi connectivity index (χ1) is 14.0. The Balaban J connectivity index is 1.77. The molecule has 2 amide bonds. The molecule has 0 saturated carbocycles. The molecule has 0 radical (unpaired) electrons. The van der Waals surface area contributed by atoms with Crippen molar-refractivity contribution in [2.24, 2.45) is 0 Å². The third kappa shape index (κ3) is 3.66. The van der Waals surface area contributed by atoms with Crippen LogP contribution in [0.1, 0.15) is 28.0 Å². The van der Waals surface area contributed by atoms with Gasteiger partial charge in [0, 0.05) is 0 Å². The first-order valence-electron chi connectivity index (χ1n) is 9.38. The molecule has 29 heavy (non-hydrogen) atoms. The minimum absolute atomic E-state index is 0.288. The van der Waals surface area contributed by atoms with Gasteiger partial charge >= 0.3 is 0 Å². The second-order valence-corrected chi connectivity index (χ2v) is 8.14. The molecule has 0 N–H and O–H groups in total. The van der Waals surface area contributed by atoms with E-state index in [0.717, 1.165) is 28.0 Å². The van der Waals surface area contributed by atoms with Gasteiger partial charge in [-0.1, -0.05) is 35.9 Å². The lowest BCUT2D eigenvalue weighted by atomic mass is 10.0. The summed E-state index contributed by atoms with van der Waals surface area (Å²) in [6.07, 6.45) is 1.61. The Morgan fingerprint density at radius 1 is 0.897 bits per heavy atom. The van der Waals surface area contributed by atoms with Crippen LogP contribution in [0.3, 0.4) is 0 Å². The highest BCUT2D eigenvalue weighted by Crippen LogP contribution is 2.40. The number of imide groups is 1. The van der Waals surface area contributed by atoms with Crippen molar-refractivity contribution in [2.75, 3.05) is 4.90 Å². The fourth-order valence-electron chi connectivity index (χ4n) is 3.26. The summed E-state index contributed by atoms with van der Waals surface area (Å²) in [5.41, 5.74) is 5.10. The van der Waals surface area contributed by atoms with Crippen LogP contribution in [-0.2, 0) is 15.3 Å². The van der Waals surface area contributed by atoms with Crippen LogP contribution < -0.4 is 4.90 Å². The summed E-state index contributed by atoms with van der Waals surface area (Å²) < 4.78 is 5.40. The number of benzene rings is 2. The monoisotopic (exact) mass is 403 g/mol. The van der Waals surface area contributed by atoms with Crippen LogP contribution in [0.15, 0.2) is 70.2 Å². The van der Waals surface area contributed by atoms with Crippen molar-refractivity contribution in [3.05, 3.63) is 93.8 Å². The molecule has 3 aromatic rings. The van der Waals surface area contributed by atoms with E-state index in [2.05, 4.69) is 0 Å². The molecule has 5 heteroatoms. The topological polar surface area (TPSA) is 50.5 Å². The van der Waals surface area contributed by atoms with Gasteiger partial charge < -0.3 is 4.42 Å². The Bertz CT molecular complexity index is 1110. The quantitative estimate of drug-likeness (QED) is 0.534. The summed E-state index contributed by atoms with van der Waals surface area (Å²) in [6.45, 7) is 6.01. The maximum Gasteiger partial charge on any atom is 0.272 e. The molecule has 0 fully saturated rings. The Hall–Kier alpha value is -3.05. The van der Waals surface area contributed by atoms with Gasteiger partial charge in [-0.25, -0.2) is 4.90 Å². The summed E-state index contributed by atoms with van der Waals surface area (Å²) in [7, 11) is 0. The van der Waals surface area contributed by atoms with E-state index < -0.39 is 0 Å². The number of thioether (sulfide) groups is 1. The standard InChI is InChI=1S/C24H21NO3S/c1-15-6-10-19(11-7-15)25-23(26)21(18-9-8-16(2)17(3)13-18)22(24(25)27)29-14-20-5-4-12-28-20/h4-13H,14H2,1-3H3. The smallest absolute Gasteiger partial charge is 0.272 e. The van der Waals surface area contributed by atoms with E-state index in [-0.39, 0.29) is 11.8 Å². The molecular formula is C24H21NO3S. The zero-order chi connectivity index (χ0) is 20.5. The number of furan rings is 1. The fourth-order valence-corrected chi connectivity index (χ4v) is 4.28. The van der Waals surface area contributed by atoms with Gasteiger partial charge in [0.25, 0.3) is 11.8 Å². The molecule has 1 aliphatic heterocycles. The highest BCUT2D eigenvalue weighted by molar-refractivity contribution is 8.03. The predicted octanol–water partition coefficient (Wildman–Crippen LogP) is 5.42. The van der Waals surface area contributed by atoms with E-state index in [0.29, 0.717) is 21.9 Å². The van der Waals surface area contributed by atoms with E-state index in [1.54, 1.807) is 6.26 Å². The van der Waals surface area contributed by atoms with Crippen LogP contribution in [0.2, 0.25) is 0 Å². The SMILES string of the molecule is Cc1ccc(N2C(=O)C(SCc3ccco3)=C(c3ccc(C)c(C)c3)C2=O)cc1. The molecular weight excluding hydrogens is 382 g/mol. The molecule has 0 bridgehead atoms. The third-order valence-electron chi connectivity index (χ3n) is 5.07. The third-order valence-corrected chi connectivity index (χ3v) is 6.16. The first kappa shape index (κ1) is 19.3. The first-order valence-corrected chi connectivity index (χ1v) is 10.4. The van der Waals surface area contributed by atoms with Crippen LogP contribution >= 0.6 is 11.8 Å². The minimum Gasteiger partial charge on any atom is -0.468 e. The maximum atomic E-state index is 13.4. The van der Waals surface area contributed by atoms with Crippen molar-refractivity contribution in [3.8, 4) is 0 Å². The Labute approximate surface area is 174 Å². The number of hydrogen-bond donors (Lipinski definition) is 0. The maximum absolute atomic E-state index is 13.4. The summed E-state index contributed by atoms with van der Waals surface area (Å²) in [5.74, 6) is 0.668. The van der Waals surface area contributed by atoms with Crippen molar-refractivity contribution >= 4 is 34.8 Å². The Morgan fingerprint density at radius 3 is 2.31 bits per heavy atom. The second-order valence-electron chi connectivity index (χ2n) is 7.15. The summed E-state index contributed by atoms with van der Waals surface area (Å²) >= 11 is 1.34. The van der Waals surface area contributed by atoms with Gasteiger partial charge in [0.15, 0.2) is 0 Å². The lowest BCUT2D eigenvalue weighted by Gasteiger charge is -2.15. The van der Waals surface area contributed by atoms with Crippen molar-refractivity contribution in [2.45, 2.75) is 26.5 Å². The summed E-state index contributed by atoms with van der Waals surface area (Å²) in [6, 6.07) is 17.0. The van der Waals surface area contributed by atoms with Crippen molar-refractivity contribution in [1.82, 2.24) is 0 Å². The van der Waals surface area contributed by atoms with E-state index in [1.165, 1.54) is 16.7 Å². The second kappa shape index (κ2) is 7.76. The summed E-state index contributed by atoms with van der Waals surface area (Å²) in [5, 5.41) is 0. The number of amides is 2. The zero-order valence-electron chi connectivity index (χ0n) is 16.6. The van der Waals surface area contributed by atoms with E-state index in [9.17, 15) is 9.59 Å². The molecule has 0 atom stereocenters. The molecule has 2 aromatic carbocycles. The van der Waals surface area contributed by atoms with Crippen LogP contribution in [0, 0.1) is 20.8 Å². The Kier molecular flexibility index (Phi) is 5.16. The molecule has 2 heterocycles. The number of nitrogens with zero attached hydrogens (tertiary/aromatic N) is 1. The lowest BCUT2D eigenvalue weighted by Crippen LogP contribution is -2.31. The molecule has 0 unspecified atom stereocenters. The van der Waals surface area contributed by atoms with Gasteiger partial charge in [-0.15, -0.1) is 11.8 Å². The number of carbonyl (C=O) groups is 2. The van der Waals surface area contributed by atoms with Crippen molar-refractivity contribution in [1.29, 1.82) is 0 Å². The summed E-state index contributed by atoms with van der Waals surface area (Å²) in [4.78, 5) is 28.4. The van der Waals surface area contributed by atoms with Crippen LogP contribution in [0.25, 0.3) is 5.57 Å². The number of carbonyl (C=O) groups excluding carboxylic acids is 2. The number of hydrogen-bond acceptors (Lipinski definition) is 4. The van der Waals surface area contributed by atoms with Crippen molar-refractivity contribution in [3.63, 3.8) is 0 Å². The molecule has 4 rings (SSSR count). The van der Waals surface area contributed by atoms with Gasteiger partial charge in [-0.3, -0.25) is 9.59 Å². The molecule has 146 valence electrons. The van der Waals surface area contributed by atoms with E-state index in [4.69, 9.17) is 4.42 Å². The molecule has 4 nitrogen and oxygen atoms in total. The zero-order valence-corrected chi connectivity index (χ0v) is 17.4. The average molecular weight is 404 g/mol. The average Bonchev–Trinajstić information content (AvgIpc) is 3.30. The van der Waals surface area contributed by atoms with Gasteiger partial charge in [0.2, 0.25) is 0 Å². The molecule has 0 saturated heterocycles. The van der Waals surface area contributed by atoms with Crippen LogP contribution in [0.4, 0.5) is 5.69 Å². The fraction of sp³-hybridized carbons (Fsp3) is 0.167. The minimum atomic E-state index is -0.288. The molecule has 1 aliphatic rings. The highest BCUT2D eigenvalue weighted by atomic mass is 32.2. The lowest BCUT2D eigenvalue weighted by molar-refractivity contribution is -0.119. The molecule has 0 aliphatic carbocycles. The largest absolute Gasteiger partial charge is 0.468 e. The highest BCUT2D eigenvalue weighted by Gasteiger charge is 2.40. The van der Waals surface area contributed by atoms with Gasteiger partial charge in [-0.05, 0) is 61.7 Å². The normalized spacial score (nSPS) is 14.2. The number of rotatable bonds is 5.